The molecular weight excluding hydrogens is 262 g/mol. The molecule has 20 heavy (non-hydrogen) atoms. The zero-order valence-corrected chi connectivity index (χ0v) is 11.1. The summed E-state index contributed by atoms with van der Waals surface area (Å²) in [6.45, 7) is 1.01. The van der Waals surface area contributed by atoms with Crippen LogP contribution in [-0.4, -0.2) is 53.7 Å². The summed E-state index contributed by atoms with van der Waals surface area (Å²) in [7, 11) is 1.52. The molecule has 1 rings (SSSR count). The molecule has 0 atom stereocenters. The number of rotatable bonds is 7. The fourth-order valence-corrected chi connectivity index (χ4v) is 1.53. The van der Waals surface area contributed by atoms with Gasteiger partial charge in [0.2, 0.25) is 0 Å². The minimum Gasteiger partial charge on any atom is -0.477 e. The van der Waals surface area contributed by atoms with Crippen LogP contribution in [0.25, 0.3) is 0 Å². The molecule has 0 aliphatic heterocycles. The van der Waals surface area contributed by atoms with Gasteiger partial charge in [0, 0.05) is 26.4 Å². The lowest BCUT2D eigenvalue weighted by Crippen LogP contribution is -2.34. The Morgan fingerprint density at radius 2 is 2.20 bits per heavy atom. The Balaban J connectivity index is 2.82. The van der Waals surface area contributed by atoms with Gasteiger partial charge >= 0.3 is 5.97 Å². The number of hydrogen-bond donors (Lipinski definition) is 1. The van der Waals surface area contributed by atoms with Gasteiger partial charge in [0.05, 0.1) is 24.7 Å². The van der Waals surface area contributed by atoms with Crippen LogP contribution in [0.15, 0.2) is 18.3 Å². The first-order valence-corrected chi connectivity index (χ1v) is 5.94. The molecule has 7 heteroatoms. The normalized spacial score (nSPS) is 9.80. The highest BCUT2D eigenvalue weighted by Crippen LogP contribution is 2.06. The highest BCUT2D eigenvalue weighted by Gasteiger charge is 2.16. The molecule has 0 fully saturated rings. The monoisotopic (exact) mass is 277 g/mol. The number of ether oxygens (including phenoxy) is 1. The average Bonchev–Trinajstić information content (AvgIpc) is 2.47. The number of aromatic nitrogens is 1. The van der Waals surface area contributed by atoms with E-state index in [0.29, 0.717) is 19.7 Å². The highest BCUT2D eigenvalue weighted by atomic mass is 16.5. The number of carbonyl (C=O) groups excluding carboxylic acids is 1. The van der Waals surface area contributed by atoms with Gasteiger partial charge in [0.1, 0.15) is 5.69 Å². The third-order valence-corrected chi connectivity index (χ3v) is 2.58. The molecular formula is C13H15N3O4. The molecule has 0 saturated carbocycles. The van der Waals surface area contributed by atoms with Crippen molar-refractivity contribution < 1.29 is 19.4 Å². The molecule has 0 aliphatic rings. The van der Waals surface area contributed by atoms with E-state index in [1.165, 1.54) is 30.3 Å². The van der Waals surface area contributed by atoms with Gasteiger partial charge in [-0.2, -0.15) is 5.26 Å². The van der Waals surface area contributed by atoms with E-state index in [0.717, 1.165) is 0 Å². The van der Waals surface area contributed by atoms with Crippen LogP contribution in [0.3, 0.4) is 0 Å². The van der Waals surface area contributed by atoms with E-state index in [1.54, 1.807) is 0 Å². The van der Waals surface area contributed by atoms with Gasteiger partial charge in [0.25, 0.3) is 5.91 Å². The topological polar surface area (TPSA) is 104 Å². The van der Waals surface area contributed by atoms with Gasteiger partial charge in [-0.05, 0) is 12.1 Å². The molecule has 1 N–H and O–H groups in total. The van der Waals surface area contributed by atoms with Gasteiger partial charge in [0.15, 0.2) is 0 Å². The Morgan fingerprint density at radius 1 is 1.45 bits per heavy atom. The molecule has 106 valence electrons. The number of nitrogens with zero attached hydrogens (tertiary/aromatic N) is 3. The summed E-state index contributed by atoms with van der Waals surface area (Å²) in [6, 6.07) is 4.66. The van der Waals surface area contributed by atoms with Crippen LogP contribution in [0, 0.1) is 11.3 Å². The third-order valence-electron chi connectivity index (χ3n) is 2.58. The second-order valence-corrected chi connectivity index (χ2v) is 3.93. The number of amides is 1. The molecule has 1 heterocycles. The standard InChI is InChI=1S/C13H15N3O4/c1-20-8-7-16(6-2-5-14)12(17)10-3-4-11(13(18)19)15-9-10/h3-4,9H,2,6-8H2,1H3,(H,18,19). The average molecular weight is 277 g/mol. The minimum atomic E-state index is -1.15. The Bertz CT molecular complexity index is 507. The number of carboxylic acids is 1. The van der Waals surface area contributed by atoms with E-state index in [9.17, 15) is 9.59 Å². The van der Waals surface area contributed by atoms with E-state index in [4.69, 9.17) is 15.1 Å². The van der Waals surface area contributed by atoms with Crippen LogP contribution in [0.2, 0.25) is 0 Å². The van der Waals surface area contributed by atoms with Crippen molar-refractivity contribution in [1.29, 1.82) is 5.26 Å². The Hall–Kier alpha value is -2.46. The van der Waals surface area contributed by atoms with Crippen molar-refractivity contribution >= 4 is 11.9 Å². The Kier molecular flexibility index (Phi) is 6.13. The molecule has 0 unspecified atom stereocenters. The number of carboxylic acid groups (broad SMARTS) is 1. The first kappa shape index (κ1) is 15.6. The Morgan fingerprint density at radius 3 is 2.70 bits per heavy atom. The lowest BCUT2D eigenvalue weighted by Gasteiger charge is -2.21. The minimum absolute atomic E-state index is 0.123. The van der Waals surface area contributed by atoms with Crippen molar-refractivity contribution in [3.63, 3.8) is 0 Å². The number of hydrogen-bond acceptors (Lipinski definition) is 5. The van der Waals surface area contributed by atoms with Gasteiger partial charge in [-0.25, -0.2) is 9.78 Å². The van der Waals surface area contributed by atoms with Crippen molar-refractivity contribution in [2.75, 3.05) is 26.8 Å². The third kappa shape index (κ3) is 4.33. The van der Waals surface area contributed by atoms with Crippen LogP contribution in [0.1, 0.15) is 27.3 Å². The lowest BCUT2D eigenvalue weighted by atomic mass is 10.2. The fraction of sp³-hybridized carbons (Fsp3) is 0.385. The predicted molar refractivity (Wildman–Crippen MR) is 69.2 cm³/mol. The van der Waals surface area contributed by atoms with Crippen LogP contribution in [-0.2, 0) is 4.74 Å². The van der Waals surface area contributed by atoms with E-state index in [1.807, 2.05) is 6.07 Å². The summed E-state index contributed by atoms with van der Waals surface area (Å²) in [5, 5.41) is 17.3. The summed E-state index contributed by atoms with van der Waals surface area (Å²) in [5.74, 6) is -1.45. The van der Waals surface area contributed by atoms with E-state index in [-0.39, 0.29) is 23.6 Å². The molecule has 0 radical (unpaired) electrons. The first-order valence-electron chi connectivity index (χ1n) is 5.94. The fourth-order valence-electron chi connectivity index (χ4n) is 1.53. The predicted octanol–water partition coefficient (Wildman–Crippen LogP) is 0.782. The van der Waals surface area contributed by atoms with Crippen molar-refractivity contribution in [1.82, 2.24) is 9.88 Å². The molecule has 0 saturated heterocycles. The lowest BCUT2D eigenvalue weighted by molar-refractivity contribution is 0.0680. The maximum atomic E-state index is 12.2. The first-order chi connectivity index (χ1) is 9.60. The molecule has 0 aliphatic carbocycles. The van der Waals surface area contributed by atoms with Crippen LogP contribution in [0.5, 0.6) is 0 Å². The van der Waals surface area contributed by atoms with Crippen molar-refractivity contribution in [2.24, 2.45) is 0 Å². The van der Waals surface area contributed by atoms with Gasteiger partial charge < -0.3 is 14.7 Å². The number of aromatic carboxylic acids is 1. The summed E-state index contributed by atoms with van der Waals surface area (Å²) in [4.78, 5) is 28.1. The zero-order valence-electron chi connectivity index (χ0n) is 11.1. The van der Waals surface area contributed by atoms with Crippen molar-refractivity contribution in [3.8, 4) is 6.07 Å². The molecule has 0 spiro atoms. The quantitative estimate of drug-likeness (QED) is 0.790. The van der Waals surface area contributed by atoms with Crippen molar-refractivity contribution in [3.05, 3.63) is 29.6 Å². The van der Waals surface area contributed by atoms with E-state index < -0.39 is 5.97 Å². The second-order valence-electron chi connectivity index (χ2n) is 3.93. The molecule has 1 amide bonds. The molecule has 1 aromatic heterocycles. The largest absolute Gasteiger partial charge is 0.477 e. The SMILES string of the molecule is COCCN(CCC#N)C(=O)c1ccc(C(=O)O)nc1. The molecule has 1 aromatic rings. The van der Waals surface area contributed by atoms with Crippen LogP contribution < -0.4 is 0 Å². The van der Waals surface area contributed by atoms with E-state index in [2.05, 4.69) is 4.98 Å². The smallest absolute Gasteiger partial charge is 0.354 e. The van der Waals surface area contributed by atoms with Gasteiger partial charge in [-0.1, -0.05) is 0 Å². The maximum Gasteiger partial charge on any atom is 0.354 e. The number of methoxy groups -OCH3 is 1. The summed E-state index contributed by atoms with van der Waals surface area (Å²) in [6.07, 6.45) is 1.44. The Labute approximate surface area is 116 Å². The molecule has 0 aromatic carbocycles. The van der Waals surface area contributed by atoms with E-state index >= 15 is 0 Å². The number of nitriles is 1. The van der Waals surface area contributed by atoms with Crippen molar-refractivity contribution in [2.45, 2.75) is 6.42 Å². The zero-order chi connectivity index (χ0) is 15.0. The van der Waals surface area contributed by atoms with Gasteiger partial charge in [-0.15, -0.1) is 0 Å². The van der Waals surface area contributed by atoms with Crippen LogP contribution in [0.4, 0.5) is 0 Å². The van der Waals surface area contributed by atoms with Gasteiger partial charge in [-0.3, -0.25) is 4.79 Å². The molecule has 0 bridgehead atoms. The number of carbonyl (C=O) groups is 2. The second kappa shape index (κ2) is 7.86. The number of pyridine rings is 1. The molecule has 7 nitrogen and oxygen atoms in total. The summed E-state index contributed by atoms with van der Waals surface area (Å²) >= 11 is 0. The summed E-state index contributed by atoms with van der Waals surface area (Å²) in [5.41, 5.74) is 0.158. The summed E-state index contributed by atoms with van der Waals surface area (Å²) < 4.78 is 4.92. The van der Waals surface area contributed by atoms with Crippen LogP contribution >= 0.6 is 0 Å². The maximum absolute atomic E-state index is 12.2. The highest BCUT2D eigenvalue weighted by molar-refractivity contribution is 5.94.